The van der Waals surface area contributed by atoms with E-state index in [0.717, 1.165) is 0 Å². The highest BCUT2D eigenvalue weighted by atomic mass is 35.5. The van der Waals surface area contributed by atoms with Gasteiger partial charge in [0.05, 0.1) is 6.20 Å². The van der Waals surface area contributed by atoms with Gasteiger partial charge in [0.15, 0.2) is 4.84 Å². The second-order valence-corrected chi connectivity index (χ2v) is 8.28. The lowest BCUT2D eigenvalue weighted by molar-refractivity contribution is -0.150. The van der Waals surface area contributed by atoms with Crippen LogP contribution >= 0.6 is 46.7 Å². The zero-order valence-corrected chi connectivity index (χ0v) is 15.5. The zero-order valence-electron chi connectivity index (χ0n) is 12.3. The monoisotopic (exact) mass is 423 g/mol. The molecular formula is C12H11Cl2N5O4S2. The van der Waals surface area contributed by atoms with Gasteiger partial charge in [-0.25, -0.2) is 4.79 Å². The van der Waals surface area contributed by atoms with Crippen molar-refractivity contribution in [2.75, 3.05) is 11.5 Å². The minimum atomic E-state index is -1.29. The van der Waals surface area contributed by atoms with Crippen LogP contribution in [0.4, 0.5) is 0 Å². The molecule has 1 aromatic heterocycles. The number of amides is 2. The number of carbonyl (C=O) groups excluding carboxylic acids is 2. The molecule has 3 rings (SSSR count). The molecule has 0 saturated carbocycles. The van der Waals surface area contributed by atoms with Crippen molar-refractivity contribution < 1.29 is 19.5 Å². The number of rotatable bonds is 6. The molecule has 1 saturated heterocycles. The van der Waals surface area contributed by atoms with E-state index >= 15 is 0 Å². The van der Waals surface area contributed by atoms with E-state index in [4.69, 9.17) is 23.2 Å². The summed E-state index contributed by atoms with van der Waals surface area (Å²) in [5, 5.41) is 22.1. The minimum Gasteiger partial charge on any atom is -0.477 e. The molecule has 1 fully saturated rings. The average Bonchev–Trinajstić information content (AvgIpc) is 3.09. The number of aromatic amines is 1. The molecule has 0 bridgehead atoms. The number of carbonyl (C=O) groups is 3. The summed E-state index contributed by atoms with van der Waals surface area (Å²) in [7, 11) is 0. The van der Waals surface area contributed by atoms with Crippen LogP contribution in [0.3, 0.4) is 0 Å². The number of β-lactam (4-membered cyclic amide) rings is 1. The Kier molecular flexibility index (Phi) is 5.46. The van der Waals surface area contributed by atoms with Crippen molar-refractivity contribution in [2.45, 2.75) is 21.3 Å². The van der Waals surface area contributed by atoms with Gasteiger partial charge in [-0.15, -0.1) is 28.6 Å². The van der Waals surface area contributed by atoms with Crippen LogP contribution in [0.15, 0.2) is 22.5 Å². The third-order valence-electron chi connectivity index (χ3n) is 3.54. The third kappa shape index (κ3) is 3.59. The molecule has 0 radical (unpaired) electrons. The molecule has 1 unspecified atom stereocenters. The number of aromatic nitrogens is 3. The van der Waals surface area contributed by atoms with Gasteiger partial charge in [0.25, 0.3) is 11.8 Å². The van der Waals surface area contributed by atoms with Gasteiger partial charge in [0.1, 0.15) is 22.1 Å². The summed E-state index contributed by atoms with van der Waals surface area (Å²) in [5.74, 6) is -1.58. The Balaban J connectivity index is 1.75. The standard InChI is InChI=1S/C12H11Cl2N5O4S2/c13-8(14)9(20)16-6-10(21)19-7(12(22)23)4(3-25-11(6)19)2-24-5-1-15-18-17-5/h1,6,8,11H,2-3H2,(H,16,20)(H,22,23)(H,15,17,18)/t6?,11-/m1/s1. The van der Waals surface area contributed by atoms with Crippen LogP contribution in [0.2, 0.25) is 0 Å². The van der Waals surface area contributed by atoms with Crippen molar-refractivity contribution in [1.29, 1.82) is 0 Å². The summed E-state index contributed by atoms with van der Waals surface area (Å²) < 4.78 is 0. The predicted octanol–water partition coefficient (Wildman–Crippen LogP) is 0.439. The Morgan fingerprint density at radius 2 is 2.32 bits per heavy atom. The summed E-state index contributed by atoms with van der Waals surface area (Å²) in [6.07, 6.45) is 1.53. The molecule has 1 aromatic rings. The number of thioether (sulfide) groups is 2. The summed E-state index contributed by atoms with van der Waals surface area (Å²) >= 11 is 13.7. The first-order valence-electron chi connectivity index (χ1n) is 6.87. The van der Waals surface area contributed by atoms with Crippen molar-refractivity contribution >= 4 is 64.5 Å². The quantitative estimate of drug-likeness (QED) is 0.341. The van der Waals surface area contributed by atoms with Crippen LogP contribution in [-0.4, -0.2) is 71.0 Å². The zero-order chi connectivity index (χ0) is 18.1. The number of fused-ring (bicyclic) bond motifs is 1. The first kappa shape index (κ1) is 18.4. The third-order valence-corrected chi connectivity index (χ3v) is 6.28. The van der Waals surface area contributed by atoms with E-state index in [1.54, 1.807) is 0 Å². The number of halogens is 2. The number of hydrogen-bond donors (Lipinski definition) is 3. The number of nitrogens with one attached hydrogen (secondary N) is 2. The molecular weight excluding hydrogens is 413 g/mol. The average molecular weight is 424 g/mol. The largest absolute Gasteiger partial charge is 0.477 e. The van der Waals surface area contributed by atoms with E-state index in [9.17, 15) is 19.5 Å². The van der Waals surface area contributed by atoms with Gasteiger partial charge >= 0.3 is 5.97 Å². The van der Waals surface area contributed by atoms with E-state index in [1.165, 1.54) is 34.6 Å². The molecule has 2 atom stereocenters. The molecule has 25 heavy (non-hydrogen) atoms. The maximum Gasteiger partial charge on any atom is 0.352 e. The summed E-state index contributed by atoms with van der Waals surface area (Å²) in [6.45, 7) is 0. The minimum absolute atomic E-state index is 0.0486. The highest BCUT2D eigenvalue weighted by Crippen LogP contribution is 2.41. The maximum atomic E-state index is 12.3. The SMILES string of the molecule is O=C(O)C1=C(CSc2cnn[nH]2)CS[C@@H]2C(NC(=O)C(Cl)Cl)C(=O)N12. The van der Waals surface area contributed by atoms with Gasteiger partial charge < -0.3 is 10.4 Å². The molecule has 0 spiro atoms. The van der Waals surface area contributed by atoms with Crippen molar-refractivity contribution in [3.63, 3.8) is 0 Å². The molecule has 3 N–H and O–H groups in total. The van der Waals surface area contributed by atoms with Gasteiger partial charge in [0, 0.05) is 11.5 Å². The lowest BCUT2D eigenvalue weighted by Gasteiger charge is -2.49. The van der Waals surface area contributed by atoms with Crippen molar-refractivity contribution in [1.82, 2.24) is 25.6 Å². The molecule has 9 nitrogen and oxygen atoms in total. The van der Waals surface area contributed by atoms with E-state index in [2.05, 4.69) is 20.7 Å². The highest BCUT2D eigenvalue weighted by molar-refractivity contribution is 8.01. The van der Waals surface area contributed by atoms with E-state index in [1.807, 2.05) is 0 Å². The molecule has 0 aliphatic carbocycles. The van der Waals surface area contributed by atoms with Crippen LogP contribution in [0.5, 0.6) is 0 Å². The smallest absolute Gasteiger partial charge is 0.352 e. The Morgan fingerprint density at radius 1 is 1.56 bits per heavy atom. The van der Waals surface area contributed by atoms with E-state index < -0.39 is 34.0 Å². The van der Waals surface area contributed by atoms with E-state index in [-0.39, 0.29) is 5.70 Å². The Hall–Kier alpha value is -1.43. The topological polar surface area (TPSA) is 128 Å². The van der Waals surface area contributed by atoms with Crippen molar-refractivity contribution in [2.24, 2.45) is 0 Å². The number of carboxylic acids is 1. The van der Waals surface area contributed by atoms with Crippen LogP contribution in [-0.2, 0) is 14.4 Å². The van der Waals surface area contributed by atoms with Crippen molar-refractivity contribution in [3.05, 3.63) is 17.5 Å². The maximum absolute atomic E-state index is 12.3. The number of aliphatic carboxylic acids is 1. The molecule has 0 aromatic carbocycles. The number of nitrogens with zero attached hydrogens (tertiary/aromatic N) is 3. The lowest BCUT2D eigenvalue weighted by Crippen LogP contribution is -2.71. The second kappa shape index (κ2) is 7.44. The Labute approximate surface area is 159 Å². The first-order valence-corrected chi connectivity index (χ1v) is 9.78. The van der Waals surface area contributed by atoms with Gasteiger partial charge in [0.2, 0.25) is 0 Å². The van der Waals surface area contributed by atoms with Gasteiger partial charge in [-0.1, -0.05) is 28.4 Å². The molecule has 2 amide bonds. The fraction of sp³-hybridized carbons (Fsp3) is 0.417. The summed E-state index contributed by atoms with van der Waals surface area (Å²) in [6, 6.07) is -0.835. The van der Waals surface area contributed by atoms with E-state index in [0.29, 0.717) is 22.1 Å². The molecule has 13 heteroatoms. The fourth-order valence-electron chi connectivity index (χ4n) is 2.43. The molecule has 3 heterocycles. The Morgan fingerprint density at radius 3 is 2.92 bits per heavy atom. The van der Waals surface area contributed by atoms with Crippen LogP contribution in [0.1, 0.15) is 0 Å². The second-order valence-electron chi connectivity index (χ2n) is 5.06. The molecule has 134 valence electrons. The van der Waals surface area contributed by atoms with Crippen molar-refractivity contribution in [3.8, 4) is 0 Å². The lowest BCUT2D eigenvalue weighted by atomic mass is 10.0. The molecule has 2 aliphatic heterocycles. The number of H-pyrrole nitrogens is 1. The summed E-state index contributed by atoms with van der Waals surface area (Å²) in [5.41, 5.74) is 0.562. The van der Waals surface area contributed by atoms with Crippen LogP contribution in [0.25, 0.3) is 0 Å². The first-order chi connectivity index (χ1) is 11.9. The Bertz CT molecular complexity index is 742. The number of carboxylic acid groups (broad SMARTS) is 1. The number of alkyl halides is 2. The fourth-order valence-corrected chi connectivity index (χ4v) is 4.83. The van der Waals surface area contributed by atoms with Gasteiger partial charge in [-0.3, -0.25) is 19.6 Å². The van der Waals surface area contributed by atoms with Gasteiger partial charge in [-0.2, -0.15) is 0 Å². The van der Waals surface area contributed by atoms with Crippen LogP contribution < -0.4 is 5.32 Å². The van der Waals surface area contributed by atoms with Crippen LogP contribution in [0, 0.1) is 0 Å². The highest BCUT2D eigenvalue weighted by Gasteiger charge is 2.54. The summed E-state index contributed by atoms with van der Waals surface area (Å²) in [4.78, 5) is 35.5. The number of hydrogen-bond acceptors (Lipinski definition) is 7. The normalized spacial score (nSPS) is 22.7. The predicted molar refractivity (Wildman–Crippen MR) is 92.3 cm³/mol. The molecule has 2 aliphatic rings. The van der Waals surface area contributed by atoms with Gasteiger partial charge in [-0.05, 0) is 5.57 Å².